The zero-order valence-corrected chi connectivity index (χ0v) is 12.9. The first-order chi connectivity index (χ1) is 11.1. The summed E-state index contributed by atoms with van der Waals surface area (Å²) < 4.78 is 5.07. The normalized spacial score (nSPS) is 15.8. The van der Waals surface area contributed by atoms with Gasteiger partial charge in [0.25, 0.3) is 0 Å². The number of imidazole rings is 1. The zero-order valence-electron chi connectivity index (χ0n) is 12.9. The minimum atomic E-state index is -0.960. The Morgan fingerprint density at radius 1 is 1.39 bits per heavy atom. The number of carboxylic acids is 1. The highest BCUT2D eigenvalue weighted by atomic mass is 16.5. The quantitative estimate of drug-likeness (QED) is 0.838. The Bertz CT molecular complexity index is 732. The third-order valence-electron chi connectivity index (χ3n) is 4.13. The summed E-state index contributed by atoms with van der Waals surface area (Å²) in [4.78, 5) is 32.5. The highest BCUT2D eigenvalue weighted by Crippen LogP contribution is 2.24. The van der Waals surface area contributed by atoms with Crippen molar-refractivity contribution in [1.82, 2.24) is 9.97 Å². The van der Waals surface area contributed by atoms with Crippen molar-refractivity contribution in [2.45, 2.75) is 19.8 Å². The van der Waals surface area contributed by atoms with E-state index in [1.54, 1.807) is 18.2 Å². The van der Waals surface area contributed by atoms with E-state index < -0.39 is 5.97 Å². The van der Waals surface area contributed by atoms with Crippen LogP contribution in [-0.4, -0.2) is 46.7 Å². The van der Waals surface area contributed by atoms with Gasteiger partial charge in [0.15, 0.2) is 0 Å². The smallest absolute Gasteiger partial charge is 0.335 e. The van der Waals surface area contributed by atoms with E-state index in [1.165, 1.54) is 0 Å². The lowest BCUT2D eigenvalue weighted by Gasteiger charge is -2.30. The topological polar surface area (TPSA) is 95.5 Å². The fourth-order valence-corrected chi connectivity index (χ4v) is 2.87. The summed E-state index contributed by atoms with van der Waals surface area (Å²) in [5, 5.41) is 9.04. The molecule has 23 heavy (non-hydrogen) atoms. The molecule has 1 aromatic heterocycles. The van der Waals surface area contributed by atoms with E-state index in [1.807, 2.05) is 6.92 Å². The van der Waals surface area contributed by atoms with Crippen molar-refractivity contribution >= 4 is 28.9 Å². The second kappa shape index (κ2) is 6.28. The number of H-pyrrole nitrogens is 1. The molecule has 0 bridgehead atoms. The maximum absolute atomic E-state index is 11.8. The Kier molecular flexibility index (Phi) is 4.18. The van der Waals surface area contributed by atoms with Gasteiger partial charge in [0.1, 0.15) is 0 Å². The Morgan fingerprint density at radius 2 is 2.13 bits per heavy atom. The SMILES string of the molecule is CCOC(=O)C1CCN(c2nc3ccc(C(=O)O)cc3[nH]2)CC1. The number of carbonyl (C=O) groups is 2. The van der Waals surface area contributed by atoms with E-state index in [0.717, 1.165) is 31.4 Å². The van der Waals surface area contributed by atoms with Crippen molar-refractivity contribution in [2.24, 2.45) is 5.92 Å². The molecule has 0 amide bonds. The highest BCUT2D eigenvalue weighted by Gasteiger charge is 2.27. The number of hydrogen-bond donors (Lipinski definition) is 2. The minimum Gasteiger partial charge on any atom is -0.478 e. The zero-order chi connectivity index (χ0) is 16.4. The number of rotatable bonds is 4. The van der Waals surface area contributed by atoms with Gasteiger partial charge in [-0.2, -0.15) is 0 Å². The van der Waals surface area contributed by atoms with E-state index >= 15 is 0 Å². The lowest BCUT2D eigenvalue weighted by molar-refractivity contribution is -0.148. The Hall–Kier alpha value is -2.57. The maximum Gasteiger partial charge on any atom is 0.335 e. The van der Waals surface area contributed by atoms with Gasteiger partial charge in [0, 0.05) is 13.1 Å². The van der Waals surface area contributed by atoms with Crippen LogP contribution in [0.15, 0.2) is 18.2 Å². The summed E-state index contributed by atoms with van der Waals surface area (Å²) in [6.45, 7) is 3.66. The van der Waals surface area contributed by atoms with Crippen LogP contribution in [0.3, 0.4) is 0 Å². The van der Waals surface area contributed by atoms with Crippen LogP contribution in [0.2, 0.25) is 0 Å². The summed E-state index contributed by atoms with van der Waals surface area (Å²) >= 11 is 0. The summed E-state index contributed by atoms with van der Waals surface area (Å²) in [6, 6.07) is 4.83. The molecular formula is C16H19N3O4. The molecule has 2 N–H and O–H groups in total. The van der Waals surface area contributed by atoms with Crippen LogP contribution in [0, 0.1) is 5.92 Å². The van der Waals surface area contributed by atoms with Gasteiger partial charge in [-0.25, -0.2) is 9.78 Å². The van der Waals surface area contributed by atoms with Gasteiger partial charge in [0.05, 0.1) is 29.1 Å². The average Bonchev–Trinajstić information content (AvgIpc) is 2.98. The molecule has 0 spiro atoms. The first kappa shape index (κ1) is 15.3. The lowest BCUT2D eigenvalue weighted by atomic mass is 9.97. The van der Waals surface area contributed by atoms with Crippen molar-refractivity contribution in [2.75, 3.05) is 24.6 Å². The number of fused-ring (bicyclic) bond motifs is 1. The van der Waals surface area contributed by atoms with E-state index in [4.69, 9.17) is 9.84 Å². The second-order valence-electron chi connectivity index (χ2n) is 5.61. The van der Waals surface area contributed by atoms with Crippen molar-refractivity contribution in [1.29, 1.82) is 0 Å². The predicted molar refractivity (Wildman–Crippen MR) is 84.6 cm³/mol. The summed E-state index contributed by atoms with van der Waals surface area (Å²) in [5.74, 6) is -0.416. The third-order valence-corrected chi connectivity index (χ3v) is 4.13. The van der Waals surface area contributed by atoms with Gasteiger partial charge in [-0.05, 0) is 38.0 Å². The number of aromatic carboxylic acids is 1. The van der Waals surface area contributed by atoms with Gasteiger partial charge in [-0.1, -0.05) is 0 Å². The van der Waals surface area contributed by atoms with Gasteiger partial charge >= 0.3 is 11.9 Å². The lowest BCUT2D eigenvalue weighted by Crippen LogP contribution is -2.37. The number of esters is 1. The monoisotopic (exact) mass is 317 g/mol. The molecule has 1 saturated heterocycles. The number of nitrogens with zero attached hydrogens (tertiary/aromatic N) is 2. The predicted octanol–water partition coefficient (Wildman–Crippen LogP) is 2.04. The number of nitrogens with one attached hydrogen (secondary N) is 1. The third kappa shape index (κ3) is 3.13. The molecule has 2 aromatic rings. The Labute approximate surface area is 133 Å². The molecule has 2 heterocycles. The number of anilines is 1. The van der Waals surface area contributed by atoms with Gasteiger partial charge in [0.2, 0.25) is 5.95 Å². The van der Waals surface area contributed by atoms with Crippen LogP contribution in [0.25, 0.3) is 11.0 Å². The average molecular weight is 317 g/mol. The molecule has 3 rings (SSSR count). The highest BCUT2D eigenvalue weighted by molar-refractivity contribution is 5.92. The number of carbonyl (C=O) groups excluding carboxylic acids is 1. The van der Waals surface area contributed by atoms with Crippen LogP contribution in [0.1, 0.15) is 30.1 Å². The van der Waals surface area contributed by atoms with E-state index in [-0.39, 0.29) is 17.5 Å². The fraction of sp³-hybridized carbons (Fsp3) is 0.438. The van der Waals surface area contributed by atoms with Crippen molar-refractivity contribution < 1.29 is 19.4 Å². The van der Waals surface area contributed by atoms with Crippen LogP contribution in [0.4, 0.5) is 5.95 Å². The molecule has 1 aliphatic rings. The number of aromatic nitrogens is 2. The van der Waals surface area contributed by atoms with Crippen LogP contribution >= 0.6 is 0 Å². The number of ether oxygens (including phenoxy) is 1. The van der Waals surface area contributed by atoms with Crippen LogP contribution < -0.4 is 4.90 Å². The number of piperidine rings is 1. The largest absolute Gasteiger partial charge is 0.478 e. The molecule has 1 aliphatic heterocycles. The summed E-state index contributed by atoms with van der Waals surface area (Å²) in [7, 11) is 0. The molecule has 122 valence electrons. The van der Waals surface area contributed by atoms with E-state index in [0.29, 0.717) is 18.1 Å². The molecule has 0 atom stereocenters. The Morgan fingerprint density at radius 3 is 2.78 bits per heavy atom. The first-order valence-electron chi connectivity index (χ1n) is 7.73. The van der Waals surface area contributed by atoms with Crippen molar-refractivity contribution in [3.05, 3.63) is 23.8 Å². The van der Waals surface area contributed by atoms with E-state index in [9.17, 15) is 9.59 Å². The Balaban J connectivity index is 1.72. The summed E-state index contributed by atoms with van der Waals surface area (Å²) in [6.07, 6.45) is 1.46. The molecule has 0 radical (unpaired) electrons. The number of benzene rings is 1. The second-order valence-corrected chi connectivity index (χ2v) is 5.61. The minimum absolute atomic E-state index is 0.0470. The van der Waals surface area contributed by atoms with Crippen LogP contribution in [0.5, 0.6) is 0 Å². The van der Waals surface area contributed by atoms with Gasteiger partial charge in [-0.3, -0.25) is 4.79 Å². The maximum atomic E-state index is 11.8. The van der Waals surface area contributed by atoms with Crippen molar-refractivity contribution in [3.8, 4) is 0 Å². The fourth-order valence-electron chi connectivity index (χ4n) is 2.87. The molecule has 0 saturated carbocycles. The molecule has 7 nitrogen and oxygen atoms in total. The summed E-state index contributed by atoms with van der Waals surface area (Å²) in [5.41, 5.74) is 1.67. The molecular weight excluding hydrogens is 298 g/mol. The molecule has 1 aromatic carbocycles. The molecule has 0 aliphatic carbocycles. The van der Waals surface area contributed by atoms with Crippen molar-refractivity contribution in [3.63, 3.8) is 0 Å². The molecule has 7 heteroatoms. The molecule has 0 unspecified atom stereocenters. The van der Waals surface area contributed by atoms with Crippen LogP contribution in [-0.2, 0) is 9.53 Å². The van der Waals surface area contributed by atoms with Gasteiger partial charge < -0.3 is 19.7 Å². The number of aromatic amines is 1. The standard InChI is InChI=1S/C16H19N3O4/c1-2-23-15(22)10-5-7-19(8-6-10)16-17-12-4-3-11(14(20)21)9-13(12)18-16/h3-4,9-10H,2,5-8H2,1H3,(H,17,18)(H,20,21). The van der Waals surface area contributed by atoms with Gasteiger partial charge in [-0.15, -0.1) is 0 Å². The first-order valence-corrected chi connectivity index (χ1v) is 7.73. The number of hydrogen-bond acceptors (Lipinski definition) is 5. The molecule has 1 fully saturated rings. The number of carboxylic acid groups (broad SMARTS) is 1. The van der Waals surface area contributed by atoms with E-state index in [2.05, 4.69) is 14.9 Å².